The zero-order valence-electron chi connectivity index (χ0n) is 12.3. The molecule has 20 heavy (non-hydrogen) atoms. The summed E-state index contributed by atoms with van der Waals surface area (Å²) in [5.74, 6) is 1.37. The van der Waals surface area contributed by atoms with E-state index in [1.165, 1.54) is 5.56 Å². The number of rotatable bonds is 6. The number of nitrogens with zero attached hydrogens (tertiary/aromatic N) is 4. The number of nitrogens with one attached hydrogen (secondary N) is 1. The quantitative estimate of drug-likeness (QED) is 0.874. The normalized spacial score (nSPS) is 10.3. The second kappa shape index (κ2) is 6.84. The van der Waals surface area contributed by atoms with Crippen LogP contribution in [0.3, 0.4) is 0 Å². The topological polar surface area (TPSA) is 53.9 Å². The van der Waals surface area contributed by atoms with E-state index in [-0.39, 0.29) is 0 Å². The number of hydrogen-bond acceptors (Lipinski definition) is 5. The highest BCUT2D eigenvalue weighted by Crippen LogP contribution is 2.18. The van der Waals surface area contributed by atoms with Gasteiger partial charge in [-0.05, 0) is 25.0 Å². The minimum absolute atomic E-state index is 0.650. The molecule has 0 saturated heterocycles. The van der Waals surface area contributed by atoms with Crippen LogP contribution in [-0.4, -0.2) is 28.8 Å². The first kappa shape index (κ1) is 14.2. The molecule has 0 spiro atoms. The lowest BCUT2D eigenvalue weighted by Crippen LogP contribution is -2.21. The van der Waals surface area contributed by atoms with Crippen molar-refractivity contribution in [1.29, 1.82) is 0 Å². The van der Waals surface area contributed by atoms with Crippen molar-refractivity contribution < 1.29 is 0 Å². The van der Waals surface area contributed by atoms with Crippen LogP contribution in [0.15, 0.2) is 30.5 Å². The van der Waals surface area contributed by atoms with E-state index in [2.05, 4.69) is 40.4 Å². The van der Waals surface area contributed by atoms with Gasteiger partial charge in [-0.25, -0.2) is 0 Å². The SMILES string of the molecule is CCCCN(C)c1nncc(Nc2ccccc2C)n1. The Morgan fingerprint density at radius 3 is 2.80 bits per heavy atom. The number of para-hydroxylation sites is 1. The van der Waals surface area contributed by atoms with Gasteiger partial charge >= 0.3 is 0 Å². The van der Waals surface area contributed by atoms with Crippen LogP contribution < -0.4 is 10.2 Å². The number of unbranched alkanes of at least 4 members (excludes halogenated alkanes) is 1. The highest BCUT2D eigenvalue weighted by atomic mass is 15.3. The van der Waals surface area contributed by atoms with E-state index in [9.17, 15) is 0 Å². The summed E-state index contributed by atoms with van der Waals surface area (Å²) in [4.78, 5) is 6.53. The van der Waals surface area contributed by atoms with Crippen molar-refractivity contribution >= 4 is 17.5 Å². The molecular weight excluding hydrogens is 250 g/mol. The minimum Gasteiger partial charge on any atom is -0.343 e. The van der Waals surface area contributed by atoms with E-state index in [4.69, 9.17) is 0 Å². The smallest absolute Gasteiger partial charge is 0.247 e. The number of hydrogen-bond donors (Lipinski definition) is 1. The molecule has 1 heterocycles. The Bertz CT molecular complexity index is 555. The van der Waals surface area contributed by atoms with E-state index in [1.807, 2.05) is 30.1 Å². The number of aromatic nitrogens is 3. The average Bonchev–Trinajstić information content (AvgIpc) is 2.47. The Labute approximate surface area is 120 Å². The summed E-state index contributed by atoms with van der Waals surface area (Å²) in [6, 6.07) is 8.10. The van der Waals surface area contributed by atoms with E-state index in [1.54, 1.807) is 6.20 Å². The van der Waals surface area contributed by atoms with E-state index >= 15 is 0 Å². The summed E-state index contributed by atoms with van der Waals surface area (Å²) < 4.78 is 0. The van der Waals surface area contributed by atoms with Crippen molar-refractivity contribution in [3.63, 3.8) is 0 Å². The standard InChI is InChI=1S/C15H21N5/c1-4-5-10-20(3)15-18-14(11-16-19-15)17-13-9-7-6-8-12(13)2/h6-9,11H,4-5,10H2,1-3H3,(H,17,18,19). The summed E-state index contributed by atoms with van der Waals surface area (Å²) in [6.45, 7) is 5.17. The molecule has 0 fully saturated rings. The molecule has 0 aliphatic heterocycles. The lowest BCUT2D eigenvalue weighted by molar-refractivity contribution is 0.741. The third-order valence-electron chi connectivity index (χ3n) is 3.14. The molecule has 0 unspecified atom stereocenters. The molecule has 0 aliphatic carbocycles. The van der Waals surface area contributed by atoms with Gasteiger partial charge in [-0.2, -0.15) is 10.1 Å². The van der Waals surface area contributed by atoms with Gasteiger partial charge < -0.3 is 10.2 Å². The van der Waals surface area contributed by atoms with Crippen LogP contribution >= 0.6 is 0 Å². The fraction of sp³-hybridized carbons (Fsp3) is 0.400. The average molecular weight is 271 g/mol. The fourth-order valence-corrected chi connectivity index (χ4v) is 1.86. The molecule has 106 valence electrons. The molecule has 1 aromatic heterocycles. The van der Waals surface area contributed by atoms with Gasteiger partial charge in [-0.1, -0.05) is 31.5 Å². The van der Waals surface area contributed by atoms with Gasteiger partial charge in [-0.3, -0.25) is 0 Å². The van der Waals surface area contributed by atoms with Crippen molar-refractivity contribution in [2.45, 2.75) is 26.7 Å². The summed E-state index contributed by atoms with van der Waals surface area (Å²) in [7, 11) is 1.99. The molecule has 0 amide bonds. The van der Waals surface area contributed by atoms with Gasteiger partial charge in [0, 0.05) is 19.3 Å². The molecule has 0 saturated carbocycles. The van der Waals surface area contributed by atoms with Crippen LogP contribution in [0.4, 0.5) is 17.5 Å². The Hall–Kier alpha value is -2.17. The number of anilines is 3. The van der Waals surface area contributed by atoms with Gasteiger partial charge in [0.25, 0.3) is 0 Å². The minimum atomic E-state index is 0.650. The molecule has 1 aromatic carbocycles. The zero-order chi connectivity index (χ0) is 14.4. The van der Waals surface area contributed by atoms with Crippen LogP contribution in [0.1, 0.15) is 25.3 Å². The van der Waals surface area contributed by atoms with Crippen molar-refractivity contribution in [3.8, 4) is 0 Å². The molecule has 1 N–H and O–H groups in total. The predicted octanol–water partition coefficient (Wildman–Crippen LogP) is 3.16. The van der Waals surface area contributed by atoms with Crippen LogP contribution in [0, 0.1) is 6.92 Å². The first-order valence-corrected chi connectivity index (χ1v) is 6.94. The largest absolute Gasteiger partial charge is 0.343 e. The van der Waals surface area contributed by atoms with Crippen LogP contribution in [-0.2, 0) is 0 Å². The molecular formula is C15H21N5. The highest BCUT2D eigenvalue weighted by Gasteiger charge is 2.06. The molecule has 0 aliphatic rings. The molecule has 5 nitrogen and oxygen atoms in total. The number of aryl methyl sites for hydroxylation is 1. The third-order valence-corrected chi connectivity index (χ3v) is 3.14. The van der Waals surface area contributed by atoms with Gasteiger partial charge in [0.1, 0.15) is 0 Å². The molecule has 0 radical (unpaired) electrons. The summed E-state index contributed by atoms with van der Waals surface area (Å²) in [6.07, 6.45) is 3.91. The Morgan fingerprint density at radius 2 is 2.05 bits per heavy atom. The summed E-state index contributed by atoms with van der Waals surface area (Å²) in [5.41, 5.74) is 2.21. The first-order valence-electron chi connectivity index (χ1n) is 6.94. The van der Waals surface area contributed by atoms with Crippen molar-refractivity contribution in [2.24, 2.45) is 0 Å². The Kier molecular flexibility index (Phi) is 4.87. The van der Waals surface area contributed by atoms with Crippen molar-refractivity contribution in [1.82, 2.24) is 15.2 Å². The van der Waals surface area contributed by atoms with Crippen molar-refractivity contribution in [3.05, 3.63) is 36.0 Å². The zero-order valence-corrected chi connectivity index (χ0v) is 12.3. The molecule has 5 heteroatoms. The first-order chi connectivity index (χ1) is 9.70. The van der Waals surface area contributed by atoms with Crippen LogP contribution in [0.2, 0.25) is 0 Å². The van der Waals surface area contributed by atoms with Crippen LogP contribution in [0.5, 0.6) is 0 Å². The molecule has 2 aromatic rings. The van der Waals surface area contributed by atoms with Crippen molar-refractivity contribution in [2.75, 3.05) is 23.8 Å². The van der Waals surface area contributed by atoms with E-state index in [0.29, 0.717) is 11.8 Å². The Morgan fingerprint density at radius 1 is 1.25 bits per heavy atom. The maximum Gasteiger partial charge on any atom is 0.247 e. The highest BCUT2D eigenvalue weighted by molar-refractivity contribution is 5.60. The third kappa shape index (κ3) is 3.66. The molecule has 0 bridgehead atoms. The summed E-state index contributed by atoms with van der Waals surface area (Å²) >= 11 is 0. The second-order valence-corrected chi connectivity index (χ2v) is 4.86. The second-order valence-electron chi connectivity index (χ2n) is 4.86. The lowest BCUT2D eigenvalue weighted by Gasteiger charge is -2.16. The molecule has 0 atom stereocenters. The predicted molar refractivity (Wildman–Crippen MR) is 82.5 cm³/mol. The van der Waals surface area contributed by atoms with Gasteiger partial charge in [0.15, 0.2) is 5.82 Å². The van der Waals surface area contributed by atoms with E-state index < -0.39 is 0 Å². The summed E-state index contributed by atoms with van der Waals surface area (Å²) in [5, 5.41) is 11.4. The van der Waals surface area contributed by atoms with Gasteiger partial charge in [-0.15, -0.1) is 5.10 Å². The maximum atomic E-state index is 4.50. The fourth-order valence-electron chi connectivity index (χ4n) is 1.86. The monoisotopic (exact) mass is 271 g/mol. The molecule has 2 rings (SSSR count). The number of benzene rings is 1. The lowest BCUT2D eigenvalue weighted by atomic mass is 10.2. The van der Waals surface area contributed by atoms with Gasteiger partial charge in [0.05, 0.1) is 6.20 Å². The van der Waals surface area contributed by atoms with Crippen LogP contribution in [0.25, 0.3) is 0 Å². The van der Waals surface area contributed by atoms with E-state index in [0.717, 1.165) is 25.1 Å². The maximum absolute atomic E-state index is 4.50. The Balaban J connectivity index is 2.12. The van der Waals surface area contributed by atoms with Gasteiger partial charge in [0.2, 0.25) is 5.95 Å².